The van der Waals surface area contributed by atoms with Crippen LogP contribution in [0.15, 0.2) is 42.5 Å². The summed E-state index contributed by atoms with van der Waals surface area (Å²) in [5, 5.41) is 11.4. The van der Waals surface area contributed by atoms with Crippen LogP contribution in [0.1, 0.15) is 18.4 Å². The van der Waals surface area contributed by atoms with E-state index >= 15 is 0 Å². The van der Waals surface area contributed by atoms with Gasteiger partial charge in [-0.25, -0.2) is 4.39 Å². The van der Waals surface area contributed by atoms with Gasteiger partial charge < -0.3 is 19.7 Å². The van der Waals surface area contributed by atoms with Crippen LogP contribution in [0.5, 0.6) is 11.5 Å². The van der Waals surface area contributed by atoms with Crippen molar-refractivity contribution in [3.8, 4) is 17.6 Å². The fourth-order valence-electron chi connectivity index (χ4n) is 2.52. The summed E-state index contributed by atoms with van der Waals surface area (Å²) < 4.78 is 23.9. The third kappa shape index (κ3) is 6.81. The Balaban J connectivity index is 1.74. The second-order valence-electron chi connectivity index (χ2n) is 6.24. The monoisotopic (exact) mass is 399 g/mol. The third-order valence-electron chi connectivity index (χ3n) is 4.00. The van der Waals surface area contributed by atoms with Gasteiger partial charge >= 0.3 is 0 Å². The van der Waals surface area contributed by atoms with E-state index in [-0.39, 0.29) is 25.5 Å². The summed E-state index contributed by atoms with van der Waals surface area (Å²) in [6, 6.07) is 12.4. The first-order valence-corrected chi connectivity index (χ1v) is 8.93. The Kier molecular flexibility index (Phi) is 7.98. The molecule has 0 aliphatic carbocycles. The summed E-state index contributed by atoms with van der Waals surface area (Å²) in [6.07, 6.45) is 0.639. The van der Waals surface area contributed by atoms with Crippen molar-refractivity contribution < 1.29 is 23.5 Å². The minimum atomic E-state index is -0.453. The number of hydrogen-bond acceptors (Lipinski definition) is 5. The first kappa shape index (κ1) is 21.7. The number of benzene rings is 2. The smallest absolute Gasteiger partial charge is 0.243 e. The summed E-state index contributed by atoms with van der Waals surface area (Å²) in [5.41, 5.74) is 0.795. The highest BCUT2D eigenvalue weighted by atomic mass is 19.1. The standard InChI is InChI=1S/C21H22FN3O4/c1-25(14-20(26)24-17-6-3-5-16(22)12-17)21(27)7-4-10-29-18-9-8-15(13-23)11-19(18)28-2/h3,5-6,8-9,11-12H,4,7,10,14H2,1-2H3,(H,24,26). The van der Waals surface area contributed by atoms with Gasteiger partial charge in [0.15, 0.2) is 11.5 Å². The van der Waals surface area contributed by atoms with Gasteiger partial charge in [-0.2, -0.15) is 5.26 Å². The van der Waals surface area contributed by atoms with Crippen LogP contribution in [0.25, 0.3) is 0 Å². The summed E-state index contributed by atoms with van der Waals surface area (Å²) in [6.45, 7) is 0.136. The zero-order valence-electron chi connectivity index (χ0n) is 16.3. The van der Waals surface area contributed by atoms with Crippen LogP contribution in [0, 0.1) is 17.1 Å². The Morgan fingerprint density at radius 3 is 2.69 bits per heavy atom. The number of methoxy groups -OCH3 is 1. The van der Waals surface area contributed by atoms with E-state index in [4.69, 9.17) is 14.7 Å². The van der Waals surface area contributed by atoms with Crippen molar-refractivity contribution in [3.05, 3.63) is 53.8 Å². The van der Waals surface area contributed by atoms with Gasteiger partial charge in [-0.15, -0.1) is 0 Å². The van der Waals surface area contributed by atoms with E-state index in [0.717, 1.165) is 0 Å². The Hall–Kier alpha value is -3.60. The maximum atomic E-state index is 13.1. The van der Waals surface area contributed by atoms with Crippen molar-refractivity contribution in [2.24, 2.45) is 0 Å². The molecule has 0 saturated carbocycles. The van der Waals surface area contributed by atoms with E-state index in [1.54, 1.807) is 24.3 Å². The number of rotatable bonds is 9. The zero-order valence-corrected chi connectivity index (χ0v) is 16.3. The molecular weight excluding hydrogens is 377 g/mol. The molecule has 2 amide bonds. The van der Waals surface area contributed by atoms with Crippen LogP contribution in [0.4, 0.5) is 10.1 Å². The van der Waals surface area contributed by atoms with Crippen molar-refractivity contribution in [3.63, 3.8) is 0 Å². The maximum Gasteiger partial charge on any atom is 0.243 e. The molecule has 0 saturated heterocycles. The highest BCUT2D eigenvalue weighted by Crippen LogP contribution is 2.27. The second kappa shape index (κ2) is 10.7. The lowest BCUT2D eigenvalue weighted by molar-refractivity contribution is -0.133. The van der Waals surface area contributed by atoms with Crippen LogP contribution in [-0.4, -0.2) is 44.0 Å². The fourth-order valence-corrected chi connectivity index (χ4v) is 2.52. The predicted octanol–water partition coefficient (Wildman–Crippen LogP) is 2.96. The Bertz CT molecular complexity index is 911. The van der Waals surface area contributed by atoms with Crippen LogP contribution in [0.2, 0.25) is 0 Å². The van der Waals surface area contributed by atoms with Crippen molar-refractivity contribution in [2.45, 2.75) is 12.8 Å². The van der Waals surface area contributed by atoms with Gasteiger partial charge in [0, 0.05) is 25.2 Å². The predicted molar refractivity (Wildman–Crippen MR) is 105 cm³/mol. The van der Waals surface area contributed by atoms with Crippen LogP contribution in [0.3, 0.4) is 0 Å². The summed E-state index contributed by atoms with van der Waals surface area (Å²) in [5.74, 6) is -0.144. The topological polar surface area (TPSA) is 91.7 Å². The molecule has 0 bridgehead atoms. The van der Waals surface area contributed by atoms with E-state index in [9.17, 15) is 14.0 Å². The molecule has 2 aromatic rings. The molecule has 152 valence electrons. The lowest BCUT2D eigenvalue weighted by Gasteiger charge is -2.17. The molecule has 7 nitrogen and oxygen atoms in total. The molecule has 0 heterocycles. The van der Waals surface area contributed by atoms with Crippen LogP contribution >= 0.6 is 0 Å². The summed E-state index contributed by atoms with van der Waals surface area (Å²) >= 11 is 0. The molecule has 0 aliphatic rings. The highest BCUT2D eigenvalue weighted by molar-refractivity contribution is 5.94. The fraction of sp³-hybridized carbons (Fsp3) is 0.286. The molecule has 29 heavy (non-hydrogen) atoms. The van der Waals surface area contributed by atoms with E-state index in [1.165, 1.54) is 37.3 Å². The van der Waals surface area contributed by atoms with Gasteiger partial charge in [-0.1, -0.05) is 6.07 Å². The number of halogens is 1. The number of likely N-dealkylation sites (N-methyl/N-ethyl adjacent to an activating group) is 1. The minimum absolute atomic E-state index is 0.139. The van der Waals surface area contributed by atoms with E-state index in [1.807, 2.05) is 6.07 Å². The highest BCUT2D eigenvalue weighted by Gasteiger charge is 2.13. The molecule has 0 aliphatic heterocycles. The van der Waals surface area contributed by atoms with E-state index in [0.29, 0.717) is 29.2 Å². The van der Waals surface area contributed by atoms with Crippen LogP contribution < -0.4 is 14.8 Å². The Morgan fingerprint density at radius 2 is 2.00 bits per heavy atom. The molecule has 1 N–H and O–H groups in total. The molecule has 2 aromatic carbocycles. The number of carbonyl (C=O) groups excluding carboxylic acids is 2. The van der Waals surface area contributed by atoms with Gasteiger partial charge in [-0.3, -0.25) is 9.59 Å². The Morgan fingerprint density at radius 1 is 1.21 bits per heavy atom. The average Bonchev–Trinajstić information content (AvgIpc) is 2.70. The van der Waals surface area contributed by atoms with E-state index in [2.05, 4.69) is 5.32 Å². The van der Waals surface area contributed by atoms with E-state index < -0.39 is 11.7 Å². The quantitative estimate of drug-likeness (QED) is 0.655. The molecule has 0 fully saturated rings. The van der Waals surface area contributed by atoms with Gasteiger partial charge in [0.25, 0.3) is 0 Å². The zero-order chi connectivity index (χ0) is 21.2. The van der Waals surface area contributed by atoms with Gasteiger partial charge in [0.2, 0.25) is 11.8 Å². The number of ether oxygens (including phenoxy) is 2. The number of carbonyl (C=O) groups is 2. The molecular formula is C21H22FN3O4. The van der Waals surface area contributed by atoms with Gasteiger partial charge in [0.1, 0.15) is 5.82 Å². The minimum Gasteiger partial charge on any atom is -0.493 e. The number of nitriles is 1. The molecule has 0 radical (unpaired) electrons. The Labute approximate surface area is 168 Å². The van der Waals surface area contributed by atoms with Gasteiger partial charge in [0.05, 0.1) is 31.9 Å². The maximum absolute atomic E-state index is 13.1. The van der Waals surface area contributed by atoms with Crippen molar-refractivity contribution in [1.29, 1.82) is 5.26 Å². The van der Waals surface area contributed by atoms with Crippen molar-refractivity contribution in [1.82, 2.24) is 4.90 Å². The van der Waals surface area contributed by atoms with Crippen LogP contribution in [-0.2, 0) is 9.59 Å². The number of anilines is 1. The number of hydrogen-bond donors (Lipinski definition) is 1. The molecule has 0 unspecified atom stereocenters. The lowest BCUT2D eigenvalue weighted by atomic mass is 10.2. The molecule has 0 spiro atoms. The molecule has 0 atom stereocenters. The third-order valence-corrected chi connectivity index (χ3v) is 4.00. The number of nitrogens with zero attached hydrogens (tertiary/aromatic N) is 2. The van der Waals surface area contributed by atoms with Crippen molar-refractivity contribution >= 4 is 17.5 Å². The number of nitrogens with one attached hydrogen (secondary N) is 1. The number of amides is 2. The summed E-state index contributed by atoms with van der Waals surface area (Å²) in [7, 11) is 3.01. The molecule has 0 aromatic heterocycles. The SMILES string of the molecule is COc1cc(C#N)ccc1OCCCC(=O)N(C)CC(=O)Nc1cccc(F)c1. The lowest BCUT2D eigenvalue weighted by Crippen LogP contribution is -2.35. The largest absolute Gasteiger partial charge is 0.493 e. The molecule has 2 rings (SSSR count). The normalized spacial score (nSPS) is 10.0. The van der Waals surface area contributed by atoms with Gasteiger partial charge in [-0.05, 0) is 36.8 Å². The molecule has 8 heteroatoms. The first-order valence-electron chi connectivity index (χ1n) is 8.93. The summed E-state index contributed by atoms with van der Waals surface area (Å²) in [4.78, 5) is 25.5. The van der Waals surface area contributed by atoms with Crippen molar-refractivity contribution in [2.75, 3.05) is 32.6 Å². The first-order chi connectivity index (χ1) is 13.9. The average molecular weight is 399 g/mol. The second-order valence-corrected chi connectivity index (χ2v) is 6.24.